The third-order valence-electron chi connectivity index (χ3n) is 2.68. The van der Waals surface area contributed by atoms with Gasteiger partial charge in [0.15, 0.2) is 0 Å². The molecule has 3 N–H and O–H groups in total. The lowest BCUT2D eigenvalue weighted by Gasteiger charge is -2.30. The Hall–Kier alpha value is -1.27. The molecule has 1 atom stereocenters. The van der Waals surface area contributed by atoms with Gasteiger partial charge < -0.3 is 10.3 Å². The number of nitrogens with two attached hydrogens (primary N) is 1. The molecule has 2 rings (SSSR count). The highest BCUT2D eigenvalue weighted by atomic mass is 32.2. The van der Waals surface area contributed by atoms with E-state index in [1.54, 1.807) is 18.3 Å². The molecule has 0 aliphatic carbocycles. The van der Waals surface area contributed by atoms with Crippen LogP contribution in [0.4, 0.5) is 5.82 Å². The Labute approximate surface area is 105 Å². The number of anilines is 1. The second-order valence-corrected chi connectivity index (χ2v) is 5.55. The molecular formula is C11H16N4OS. The van der Waals surface area contributed by atoms with Crippen molar-refractivity contribution in [3.8, 4) is 0 Å². The van der Waals surface area contributed by atoms with E-state index in [2.05, 4.69) is 17.3 Å². The number of carbonyl (C=O) groups is 1. The standard InChI is InChI=1S/C11H16N4OS/c1-8-7-15(4-5-17-8)11(16)9-2-3-13-10(6-9)14-12/h2-3,6,8H,4-5,7,12H2,1H3,(H,13,14). The van der Waals surface area contributed by atoms with E-state index in [0.29, 0.717) is 16.6 Å². The maximum absolute atomic E-state index is 12.2. The number of carbonyl (C=O) groups excluding carboxylic acids is 1. The fraction of sp³-hybridized carbons (Fsp3) is 0.455. The van der Waals surface area contributed by atoms with Crippen LogP contribution in [0.2, 0.25) is 0 Å². The van der Waals surface area contributed by atoms with Crippen molar-refractivity contribution in [2.24, 2.45) is 5.84 Å². The van der Waals surface area contributed by atoms with Crippen LogP contribution in [0.25, 0.3) is 0 Å². The number of nitrogens with one attached hydrogen (secondary N) is 1. The molecule has 1 amide bonds. The fourth-order valence-corrected chi connectivity index (χ4v) is 2.84. The van der Waals surface area contributed by atoms with Crippen molar-refractivity contribution in [1.29, 1.82) is 0 Å². The first-order valence-electron chi connectivity index (χ1n) is 5.54. The Bertz CT molecular complexity index is 412. The number of thioether (sulfide) groups is 1. The summed E-state index contributed by atoms with van der Waals surface area (Å²) < 4.78 is 0. The zero-order valence-electron chi connectivity index (χ0n) is 9.72. The molecule has 1 aromatic heterocycles. The molecule has 92 valence electrons. The summed E-state index contributed by atoms with van der Waals surface area (Å²) in [6.07, 6.45) is 1.59. The highest BCUT2D eigenvalue weighted by Gasteiger charge is 2.22. The predicted molar refractivity (Wildman–Crippen MR) is 69.9 cm³/mol. The zero-order valence-corrected chi connectivity index (χ0v) is 10.5. The van der Waals surface area contributed by atoms with Gasteiger partial charge in [0.25, 0.3) is 5.91 Å². The molecule has 0 radical (unpaired) electrons. The summed E-state index contributed by atoms with van der Waals surface area (Å²) in [5, 5.41) is 0.502. The Morgan fingerprint density at radius 3 is 3.24 bits per heavy atom. The largest absolute Gasteiger partial charge is 0.337 e. The molecule has 1 unspecified atom stereocenters. The molecular weight excluding hydrogens is 236 g/mol. The monoisotopic (exact) mass is 252 g/mol. The quantitative estimate of drug-likeness (QED) is 0.605. The minimum absolute atomic E-state index is 0.0519. The van der Waals surface area contributed by atoms with Crippen LogP contribution in [0.15, 0.2) is 18.3 Å². The number of hydrogen-bond donors (Lipinski definition) is 2. The Morgan fingerprint density at radius 1 is 1.71 bits per heavy atom. The molecule has 0 bridgehead atoms. The molecule has 0 aromatic carbocycles. The number of aromatic nitrogens is 1. The number of rotatable bonds is 2. The van der Waals surface area contributed by atoms with Gasteiger partial charge in [0.05, 0.1) is 0 Å². The minimum Gasteiger partial charge on any atom is -0.337 e. The Kier molecular flexibility index (Phi) is 3.86. The first-order valence-corrected chi connectivity index (χ1v) is 6.59. The lowest BCUT2D eigenvalue weighted by Crippen LogP contribution is -2.41. The van der Waals surface area contributed by atoms with Crippen LogP contribution in [-0.2, 0) is 0 Å². The average molecular weight is 252 g/mol. The molecule has 0 saturated carbocycles. The Morgan fingerprint density at radius 2 is 2.53 bits per heavy atom. The van der Waals surface area contributed by atoms with Crippen LogP contribution < -0.4 is 11.3 Å². The van der Waals surface area contributed by atoms with E-state index in [-0.39, 0.29) is 5.91 Å². The molecule has 5 nitrogen and oxygen atoms in total. The van der Waals surface area contributed by atoms with Crippen molar-refractivity contribution in [3.05, 3.63) is 23.9 Å². The van der Waals surface area contributed by atoms with Crippen molar-refractivity contribution in [2.45, 2.75) is 12.2 Å². The summed E-state index contributed by atoms with van der Waals surface area (Å²) in [4.78, 5) is 18.1. The van der Waals surface area contributed by atoms with Crippen LogP contribution in [0.3, 0.4) is 0 Å². The lowest BCUT2D eigenvalue weighted by molar-refractivity contribution is 0.0763. The van der Waals surface area contributed by atoms with E-state index < -0.39 is 0 Å². The van der Waals surface area contributed by atoms with Gasteiger partial charge in [-0.3, -0.25) is 4.79 Å². The third-order valence-corrected chi connectivity index (χ3v) is 3.82. The summed E-state index contributed by atoms with van der Waals surface area (Å²) in [6, 6.07) is 3.39. The highest BCUT2D eigenvalue weighted by molar-refractivity contribution is 7.99. The molecule has 2 heterocycles. The molecule has 1 fully saturated rings. The van der Waals surface area contributed by atoms with Crippen molar-refractivity contribution in [3.63, 3.8) is 0 Å². The fourth-order valence-electron chi connectivity index (χ4n) is 1.83. The average Bonchev–Trinajstić information content (AvgIpc) is 2.38. The zero-order chi connectivity index (χ0) is 12.3. The molecule has 0 spiro atoms. The first-order chi connectivity index (χ1) is 8.20. The number of hydrazine groups is 1. The van der Waals surface area contributed by atoms with Crippen LogP contribution in [0.1, 0.15) is 17.3 Å². The number of amides is 1. The van der Waals surface area contributed by atoms with Crippen molar-refractivity contribution >= 4 is 23.5 Å². The topological polar surface area (TPSA) is 71.2 Å². The smallest absolute Gasteiger partial charge is 0.254 e. The Balaban J connectivity index is 2.12. The minimum atomic E-state index is 0.0519. The molecule has 6 heteroatoms. The number of nitrogen functional groups attached to an aromatic ring is 1. The van der Waals surface area contributed by atoms with Crippen molar-refractivity contribution in [1.82, 2.24) is 9.88 Å². The van der Waals surface area contributed by atoms with Gasteiger partial charge in [0.1, 0.15) is 5.82 Å². The summed E-state index contributed by atoms with van der Waals surface area (Å²) in [5.41, 5.74) is 3.08. The van der Waals surface area contributed by atoms with Crippen LogP contribution >= 0.6 is 11.8 Å². The summed E-state index contributed by atoms with van der Waals surface area (Å²) in [5.74, 6) is 6.84. The molecule has 17 heavy (non-hydrogen) atoms. The summed E-state index contributed by atoms with van der Waals surface area (Å²) in [6.45, 7) is 3.75. The van der Waals surface area contributed by atoms with Gasteiger partial charge in [-0.05, 0) is 12.1 Å². The SMILES string of the molecule is CC1CN(C(=O)c2ccnc(NN)c2)CCS1. The number of pyridine rings is 1. The van der Waals surface area contributed by atoms with Crippen LogP contribution in [0, 0.1) is 0 Å². The van der Waals surface area contributed by atoms with E-state index >= 15 is 0 Å². The number of hydrogen-bond acceptors (Lipinski definition) is 5. The van der Waals surface area contributed by atoms with E-state index in [1.807, 2.05) is 16.7 Å². The molecule has 1 aliphatic heterocycles. The van der Waals surface area contributed by atoms with Gasteiger partial charge in [0, 0.05) is 35.9 Å². The van der Waals surface area contributed by atoms with E-state index in [1.165, 1.54) is 0 Å². The van der Waals surface area contributed by atoms with E-state index in [0.717, 1.165) is 18.8 Å². The lowest BCUT2D eigenvalue weighted by atomic mass is 10.2. The van der Waals surface area contributed by atoms with Crippen molar-refractivity contribution in [2.75, 3.05) is 24.3 Å². The summed E-state index contributed by atoms with van der Waals surface area (Å²) in [7, 11) is 0. The van der Waals surface area contributed by atoms with Gasteiger partial charge in [-0.25, -0.2) is 10.8 Å². The summed E-state index contributed by atoms with van der Waals surface area (Å²) >= 11 is 1.90. The predicted octanol–water partition coefficient (Wildman–Crippen LogP) is 0.945. The molecule has 1 aliphatic rings. The van der Waals surface area contributed by atoms with Gasteiger partial charge in [-0.2, -0.15) is 11.8 Å². The molecule has 1 saturated heterocycles. The maximum atomic E-state index is 12.2. The second kappa shape index (κ2) is 5.37. The van der Waals surface area contributed by atoms with Gasteiger partial charge in [-0.1, -0.05) is 6.92 Å². The first kappa shape index (κ1) is 12.2. The normalized spacial score (nSPS) is 20.1. The van der Waals surface area contributed by atoms with Gasteiger partial charge in [-0.15, -0.1) is 0 Å². The van der Waals surface area contributed by atoms with Gasteiger partial charge >= 0.3 is 0 Å². The maximum Gasteiger partial charge on any atom is 0.254 e. The second-order valence-electron chi connectivity index (χ2n) is 4.01. The van der Waals surface area contributed by atoms with Crippen LogP contribution in [-0.4, -0.2) is 39.9 Å². The van der Waals surface area contributed by atoms with Crippen LogP contribution in [0.5, 0.6) is 0 Å². The highest BCUT2D eigenvalue weighted by Crippen LogP contribution is 2.19. The van der Waals surface area contributed by atoms with Crippen molar-refractivity contribution < 1.29 is 4.79 Å². The van der Waals surface area contributed by atoms with E-state index in [9.17, 15) is 4.79 Å². The van der Waals surface area contributed by atoms with E-state index in [4.69, 9.17) is 5.84 Å². The number of nitrogens with zero attached hydrogens (tertiary/aromatic N) is 2. The third kappa shape index (κ3) is 2.89. The molecule has 1 aromatic rings. The van der Waals surface area contributed by atoms with Gasteiger partial charge in [0.2, 0.25) is 0 Å².